The number of nitrogens with two attached hydrogens (primary N) is 1. The highest BCUT2D eigenvalue weighted by Crippen LogP contribution is 1.90. The average molecular weight is 208 g/mol. The highest BCUT2D eigenvalue weighted by atomic mass is 16.7. The van der Waals surface area contributed by atoms with Crippen molar-refractivity contribution in [3.8, 4) is 0 Å². The Balaban J connectivity index is 2.56. The number of hydrogen-bond donors (Lipinski definition) is 2. The number of hydrazine groups is 1. The molecule has 0 amide bonds. The minimum atomic E-state index is -0.819. The lowest BCUT2D eigenvalue weighted by atomic mass is 10.3. The van der Waals surface area contributed by atoms with Crippen LogP contribution in [0.5, 0.6) is 0 Å². The molecule has 0 aliphatic heterocycles. The molecule has 15 heavy (non-hydrogen) atoms. The summed E-state index contributed by atoms with van der Waals surface area (Å²) in [6.07, 6.45) is 4.57. The van der Waals surface area contributed by atoms with E-state index in [1.807, 2.05) is 0 Å². The third-order valence-electron chi connectivity index (χ3n) is 1.28. The van der Waals surface area contributed by atoms with Crippen LogP contribution < -0.4 is 11.2 Å². The Bertz CT molecular complexity index is 388. The van der Waals surface area contributed by atoms with Gasteiger partial charge in [-0.1, -0.05) is 5.43 Å². The highest BCUT2D eigenvalue weighted by molar-refractivity contribution is 5.81. The van der Waals surface area contributed by atoms with E-state index >= 15 is 0 Å². The zero-order chi connectivity index (χ0) is 11.1. The van der Waals surface area contributed by atoms with Gasteiger partial charge >= 0.3 is 0 Å². The van der Waals surface area contributed by atoms with Crippen molar-refractivity contribution in [2.45, 2.75) is 0 Å². The lowest BCUT2D eigenvalue weighted by Gasteiger charge is -1.91. The molecular weight excluding hydrogens is 200 g/mol. The quantitative estimate of drug-likeness (QED) is 0.300. The first-order valence-electron chi connectivity index (χ1n) is 3.86. The molecule has 1 rings (SSSR count). The molecule has 8 nitrogen and oxygen atoms in total. The third kappa shape index (κ3) is 4.31. The number of aromatic nitrogens is 1. The Kier molecular flexibility index (Phi) is 3.71. The van der Waals surface area contributed by atoms with E-state index in [9.17, 15) is 10.1 Å². The van der Waals surface area contributed by atoms with Crippen LogP contribution in [0.15, 0.2) is 34.7 Å². The van der Waals surface area contributed by atoms with Gasteiger partial charge in [0.2, 0.25) is 0 Å². The van der Waals surface area contributed by atoms with E-state index in [2.05, 4.69) is 15.2 Å². The van der Waals surface area contributed by atoms with E-state index in [0.29, 0.717) is 0 Å². The Morgan fingerprint density at radius 1 is 1.60 bits per heavy atom. The van der Waals surface area contributed by atoms with E-state index in [4.69, 9.17) is 5.73 Å². The largest absolute Gasteiger partial charge is 0.364 e. The SMILES string of the molecule is N/C(=N/N=C/c1ccncc1)N[N+](=O)[O-]. The van der Waals surface area contributed by atoms with Crippen LogP contribution in [0, 0.1) is 10.1 Å². The van der Waals surface area contributed by atoms with Crippen molar-refractivity contribution in [3.05, 3.63) is 40.2 Å². The van der Waals surface area contributed by atoms with Crippen LogP contribution in [0.1, 0.15) is 5.56 Å². The molecule has 0 bridgehead atoms. The standard InChI is InChI=1S/C7H8N6O2/c8-7(12-13(14)15)11-10-5-6-1-3-9-4-2-6/h1-5H,(H3,8,11,12)/b10-5+. The third-order valence-corrected chi connectivity index (χ3v) is 1.28. The lowest BCUT2D eigenvalue weighted by molar-refractivity contribution is -0.525. The first-order chi connectivity index (χ1) is 7.18. The summed E-state index contributed by atoms with van der Waals surface area (Å²) in [5.74, 6) is -0.384. The molecule has 0 spiro atoms. The number of hydrogen-bond acceptors (Lipinski definition) is 5. The molecule has 8 heteroatoms. The molecule has 1 heterocycles. The van der Waals surface area contributed by atoms with E-state index in [1.165, 1.54) is 6.21 Å². The molecule has 3 N–H and O–H groups in total. The minimum absolute atomic E-state index is 0.384. The van der Waals surface area contributed by atoms with Crippen molar-refractivity contribution in [2.24, 2.45) is 15.9 Å². The number of rotatable bonds is 3. The number of nitro groups is 1. The van der Waals surface area contributed by atoms with E-state index in [1.54, 1.807) is 30.0 Å². The molecule has 0 unspecified atom stereocenters. The number of nitrogens with zero attached hydrogens (tertiary/aromatic N) is 4. The summed E-state index contributed by atoms with van der Waals surface area (Å²) in [4.78, 5) is 13.7. The predicted molar refractivity (Wildman–Crippen MR) is 53.6 cm³/mol. The van der Waals surface area contributed by atoms with Crippen LogP contribution in [0.2, 0.25) is 0 Å². The maximum Gasteiger partial charge on any atom is 0.275 e. The van der Waals surface area contributed by atoms with Crippen LogP contribution in [-0.4, -0.2) is 22.2 Å². The zero-order valence-electron chi connectivity index (χ0n) is 7.57. The molecule has 0 saturated carbocycles. The Labute approximate surface area is 84.7 Å². The molecule has 0 atom stereocenters. The van der Waals surface area contributed by atoms with E-state index in [-0.39, 0.29) is 5.96 Å². The van der Waals surface area contributed by atoms with Crippen molar-refractivity contribution in [3.63, 3.8) is 0 Å². The van der Waals surface area contributed by atoms with Gasteiger partial charge in [-0.25, -0.2) is 10.1 Å². The summed E-state index contributed by atoms with van der Waals surface area (Å²) in [6.45, 7) is 0. The first-order valence-corrected chi connectivity index (χ1v) is 3.86. The molecule has 0 radical (unpaired) electrons. The van der Waals surface area contributed by atoms with Crippen LogP contribution in [0.4, 0.5) is 0 Å². The van der Waals surface area contributed by atoms with Gasteiger partial charge in [-0.15, -0.1) is 5.10 Å². The monoisotopic (exact) mass is 208 g/mol. The topological polar surface area (TPSA) is 119 Å². The van der Waals surface area contributed by atoms with Gasteiger partial charge < -0.3 is 5.73 Å². The second kappa shape index (κ2) is 5.27. The van der Waals surface area contributed by atoms with Crippen LogP contribution in [0.3, 0.4) is 0 Å². The molecule has 0 aliphatic rings. The molecule has 1 aromatic heterocycles. The average Bonchev–Trinajstić information content (AvgIpc) is 2.18. The van der Waals surface area contributed by atoms with Crippen molar-refractivity contribution in [1.82, 2.24) is 10.4 Å². The van der Waals surface area contributed by atoms with Crippen LogP contribution >= 0.6 is 0 Å². The van der Waals surface area contributed by atoms with Gasteiger partial charge in [-0.2, -0.15) is 5.10 Å². The molecule has 0 fully saturated rings. The van der Waals surface area contributed by atoms with E-state index < -0.39 is 5.03 Å². The molecular formula is C7H8N6O2. The van der Waals surface area contributed by atoms with Gasteiger partial charge in [-0.3, -0.25) is 4.98 Å². The van der Waals surface area contributed by atoms with E-state index in [0.717, 1.165) is 5.56 Å². The Morgan fingerprint density at radius 3 is 2.87 bits per heavy atom. The summed E-state index contributed by atoms with van der Waals surface area (Å²) in [7, 11) is 0. The maximum atomic E-state index is 9.92. The van der Waals surface area contributed by atoms with Crippen LogP contribution in [-0.2, 0) is 0 Å². The van der Waals surface area contributed by atoms with Crippen molar-refractivity contribution >= 4 is 12.2 Å². The lowest BCUT2D eigenvalue weighted by Crippen LogP contribution is -2.35. The second-order valence-corrected chi connectivity index (χ2v) is 2.38. The fourth-order valence-corrected chi connectivity index (χ4v) is 0.723. The van der Waals surface area contributed by atoms with Gasteiger partial charge in [0.1, 0.15) is 0 Å². The fourth-order valence-electron chi connectivity index (χ4n) is 0.723. The number of guanidine groups is 1. The maximum absolute atomic E-state index is 9.92. The zero-order valence-corrected chi connectivity index (χ0v) is 7.57. The van der Waals surface area contributed by atoms with Gasteiger partial charge in [0.25, 0.3) is 5.96 Å². The summed E-state index contributed by atoms with van der Waals surface area (Å²) in [5, 5.41) is 16.0. The van der Waals surface area contributed by atoms with Crippen molar-refractivity contribution in [1.29, 1.82) is 0 Å². The first kappa shape index (κ1) is 10.6. The normalized spacial score (nSPS) is 11.6. The molecule has 0 saturated heterocycles. The van der Waals surface area contributed by atoms with Gasteiger partial charge in [-0.05, 0) is 17.7 Å². The summed E-state index contributed by atoms with van der Waals surface area (Å²) >= 11 is 0. The highest BCUT2D eigenvalue weighted by Gasteiger charge is 1.96. The van der Waals surface area contributed by atoms with Crippen LogP contribution in [0.25, 0.3) is 0 Å². The van der Waals surface area contributed by atoms with Crippen molar-refractivity contribution in [2.75, 3.05) is 0 Å². The fraction of sp³-hybridized carbons (Fsp3) is 0. The molecule has 0 aromatic carbocycles. The Hall–Kier alpha value is -2.51. The predicted octanol–water partition coefficient (Wildman–Crippen LogP) is -0.488. The summed E-state index contributed by atoms with van der Waals surface area (Å²) in [6, 6.07) is 3.41. The smallest absolute Gasteiger partial charge is 0.275 e. The van der Waals surface area contributed by atoms with Gasteiger partial charge in [0.05, 0.1) is 6.21 Å². The van der Waals surface area contributed by atoms with Gasteiger partial charge in [0.15, 0.2) is 5.03 Å². The summed E-state index contributed by atoms with van der Waals surface area (Å²) < 4.78 is 0. The second-order valence-electron chi connectivity index (χ2n) is 2.38. The Morgan fingerprint density at radius 2 is 2.27 bits per heavy atom. The number of nitrogens with one attached hydrogen (secondary N) is 1. The summed E-state index contributed by atoms with van der Waals surface area (Å²) in [5.41, 5.74) is 7.53. The molecule has 0 aliphatic carbocycles. The number of pyridine rings is 1. The molecule has 1 aromatic rings. The molecule has 78 valence electrons. The van der Waals surface area contributed by atoms with Gasteiger partial charge in [0, 0.05) is 12.4 Å². The minimum Gasteiger partial charge on any atom is -0.364 e. The van der Waals surface area contributed by atoms with Crippen molar-refractivity contribution < 1.29 is 5.03 Å².